The second-order valence-electron chi connectivity index (χ2n) is 8.81. The molecule has 0 saturated carbocycles. The van der Waals surface area contributed by atoms with Crippen LogP contribution in [0.25, 0.3) is 0 Å². The molecule has 156 valence electrons. The molecule has 1 fully saturated rings. The molecule has 3 heterocycles. The number of hydrogen-bond acceptors (Lipinski definition) is 4. The smallest absolute Gasteiger partial charge is 0.274 e. The molecule has 29 heavy (non-hydrogen) atoms. The third kappa shape index (κ3) is 4.69. The van der Waals surface area contributed by atoms with Crippen molar-refractivity contribution in [2.45, 2.75) is 65.0 Å². The van der Waals surface area contributed by atoms with Crippen molar-refractivity contribution in [2.75, 3.05) is 19.6 Å². The molecule has 1 aliphatic carbocycles. The molecule has 0 bridgehead atoms. The number of carbonyl (C=O) groups is 1. The first kappa shape index (κ1) is 20.1. The molecule has 0 radical (unpaired) electrons. The first-order valence-corrected chi connectivity index (χ1v) is 11.1. The van der Waals surface area contributed by atoms with E-state index in [0.717, 1.165) is 70.4 Å². The van der Waals surface area contributed by atoms with E-state index in [9.17, 15) is 4.79 Å². The second-order valence-corrected chi connectivity index (χ2v) is 8.81. The molecule has 0 spiro atoms. The van der Waals surface area contributed by atoms with Crippen LogP contribution in [0.5, 0.6) is 0 Å². The summed E-state index contributed by atoms with van der Waals surface area (Å²) in [6, 6.07) is 6.46. The molecule has 6 nitrogen and oxygen atoms in total. The van der Waals surface area contributed by atoms with Crippen LogP contribution in [0.15, 0.2) is 24.4 Å². The molecule has 1 amide bonds. The molecule has 2 aliphatic rings. The van der Waals surface area contributed by atoms with Crippen LogP contribution in [0.1, 0.15) is 60.5 Å². The number of aromatic nitrogens is 3. The maximum absolute atomic E-state index is 13.1. The molecule has 1 saturated heterocycles. The number of carbonyl (C=O) groups excluding carboxylic acids is 1. The van der Waals surface area contributed by atoms with Crippen LogP contribution in [0.2, 0.25) is 0 Å². The van der Waals surface area contributed by atoms with E-state index in [1.54, 1.807) is 0 Å². The van der Waals surface area contributed by atoms with Crippen molar-refractivity contribution in [3.05, 3.63) is 47.0 Å². The van der Waals surface area contributed by atoms with Gasteiger partial charge in [-0.05, 0) is 50.2 Å². The third-order valence-electron chi connectivity index (χ3n) is 6.02. The van der Waals surface area contributed by atoms with E-state index in [4.69, 9.17) is 5.10 Å². The molecule has 1 atom stereocenters. The summed E-state index contributed by atoms with van der Waals surface area (Å²) in [5.41, 5.74) is 4.29. The number of pyridine rings is 1. The van der Waals surface area contributed by atoms with Gasteiger partial charge in [0.2, 0.25) is 0 Å². The maximum atomic E-state index is 13.1. The van der Waals surface area contributed by atoms with Crippen molar-refractivity contribution < 1.29 is 4.79 Å². The molecule has 0 aromatic carbocycles. The zero-order chi connectivity index (χ0) is 20.2. The van der Waals surface area contributed by atoms with Gasteiger partial charge in [0.1, 0.15) is 0 Å². The molecular weight excluding hydrogens is 362 g/mol. The summed E-state index contributed by atoms with van der Waals surface area (Å²) in [7, 11) is 0. The van der Waals surface area contributed by atoms with Crippen molar-refractivity contribution >= 4 is 5.91 Å². The number of nitrogens with zero attached hydrogens (tertiary/aromatic N) is 4. The lowest BCUT2D eigenvalue weighted by Gasteiger charge is -2.25. The lowest BCUT2D eigenvalue weighted by atomic mass is 9.91. The van der Waals surface area contributed by atoms with E-state index in [2.05, 4.69) is 34.9 Å². The minimum absolute atomic E-state index is 0.135. The van der Waals surface area contributed by atoms with E-state index < -0.39 is 0 Å². The average molecular weight is 396 g/mol. The van der Waals surface area contributed by atoms with Crippen molar-refractivity contribution in [2.24, 2.45) is 5.92 Å². The second kappa shape index (κ2) is 9.08. The van der Waals surface area contributed by atoms with E-state index in [1.807, 2.05) is 23.2 Å². The van der Waals surface area contributed by atoms with E-state index in [1.165, 1.54) is 11.3 Å². The van der Waals surface area contributed by atoms with Crippen molar-refractivity contribution in [1.29, 1.82) is 0 Å². The van der Waals surface area contributed by atoms with Crippen molar-refractivity contribution in [3.8, 4) is 0 Å². The van der Waals surface area contributed by atoms with Gasteiger partial charge in [0.25, 0.3) is 5.91 Å². The fourth-order valence-corrected chi connectivity index (χ4v) is 4.55. The average Bonchev–Trinajstić information content (AvgIpc) is 3.37. The molecule has 2 aromatic rings. The van der Waals surface area contributed by atoms with Crippen LogP contribution >= 0.6 is 0 Å². The zero-order valence-electron chi connectivity index (χ0n) is 17.7. The van der Waals surface area contributed by atoms with Crippen molar-refractivity contribution in [1.82, 2.24) is 25.0 Å². The Morgan fingerprint density at radius 1 is 1.28 bits per heavy atom. The normalized spacial score (nSPS) is 19.0. The predicted molar refractivity (Wildman–Crippen MR) is 114 cm³/mol. The van der Waals surface area contributed by atoms with Crippen LogP contribution in [0, 0.1) is 5.92 Å². The third-order valence-corrected chi connectivity index (χ3v) is 6.02. The van der Waals surface area contributed by atoms with Crippen LogP contribution in [0.4, 0.5) is 0 Å². The molecule has 6 heteroatoms. The Morgan fingerprint density at radius 3 is 2.83 bits per heavy atom. The topological polar surface area (TPSA) is 63.1 Å². The highest BCUT2D eigenvalue weighted by molar-refractivity contribution is 5.94. The number of likely N-dealkylation sites (tertiary alicyclic amines) is 1. The van der Waals surface area contributed by atoms with Crippen LogP contribution < -0.4 is 5.32 Å². The molecular formula is C23H33N5O. The highest BCUT2D eigenvalue weighted by Gasteiger charge is 2.31. The van der Waals surface area contributed by atoms with Gasteiger partial charge in [-0.25, -0.2) is 0 Å². The van der Waals surface area contributed by atoms with Gasteiger partial charge in [0.05, 0.1) is 0 Å². The lowest BCUT2D eigenvalue weighted by molar-refractivity contribution is 0.0784. The fourth-order valence-electron chi connectivity index (χ4n) is 4.55. The van der Waals surface area contributed by atoms with Crippen LogP contribution in [0.3, 0.4) is 0 Å². The SMILES string of the molecule is CC(C)Cn1nc(C(=O)N2CCCC2)c2c1CC[C@H](NCCc1ccccn1)C2. The minimum atomic E-state index is 0.135. The zero-order valence-corrected chi connectivity index (χ0v) is 17.7. The Kier molecular flexibility index (Phi) is 6.28. The summed E-state index contributed by atoms with van der Waals surface area (Å²) in [4.78, 5) is 19.5. The largest absolute Gasteiger partial charge is 0.337 e. The van der Waals surface area contributed by atoms with Gasteiger partial charge in [-0.15, -0.1) is 0 Å². The number of fused-ring (bicyclic) bond motifs is 1. The first-order chi connectivity index (χ1) is 14.1. The van der Waals surface area contributed by atoms with Crippen LogP contribution in [-0.2, 0) is 25.8 Å². The van der Waals surface area contributed by atoms with Crippen LogP contribution in [-0.4, -0.2) is 51.2 Å². The predicted octanol–water partition coefficient (Wildman–Crippen LogP) is 2.86. The number of rotatable bonds is 7. The number of hydrogen-bond donors (Lipinski definition) is 1. The Morgan fingerprint density at radius 2 is 2.10 bits per heavy atom. The fraction of sp³-hybridized carbons (Fsp3) is 0.609. The Labute approximate surface area is 173 Å². The monoisotopic (exact) mass is 395 g/mol. The summed E-state index contributed by atoms with van der Waals surface area (Å²) < 4.78 is 2.12. The van der Waals surface area contributed by atoms with Gasteiger partial charge in [-0.1, -0.05) is 19.9 Å². The standard InChI is InChI=1S/C23H33N5O/c1-17(2)16-28-21-9-8-19(25-12-10-18-7-3-4-11-24-18)15-20(21)22(26-28)23(29)27-13-5-6-14-27/h3-4,7,11,17,19,25H,5-6,8-10,12-16H2,1-2H3/t19-/m0/s1. The molecule has 1 aliphatic heterocycles. The van der Waals surface area contributed by atoms with E-state index in [0.29, 0.717) is 17.7 Å². The summed E-state index contributed by atoms with van der Waals surface area (Å²) in [5.74, 6) is 0.651. The molecule has 4 rings (SSSR count). The molecule has 1 N–H and O–H groups in total. The van der Waals surface area contributed by atoms with Gasteiger partial charge < -0.3 is 10.2 Å². The minimum Gasteiger partial charge on any atom is -0.337 e. The quantitative estimate of drug-likeness (QED) is 0.783. The number of nitrogens with one attached hydrogen (secondary N) is 1. The van der Waals surface area contributed by atoms with Gasteiger partial charge >= 0.3 is 0 Å². The highest BCUT2D eigenvalue weighted by atomic mass is 16.2. The molecule has 0 unspecified atom stereocenters. The Bertz CT molecular complexity index is 823. The van der Waals surface area contributed by atoms with Gasteiger partial charge in [0.15, 0.2) is 5.69 Å². The summed E-state index contributed by atoms with van der Waals surface area (Å²) in [6.45, 7) is 7.95. The Hall–Kier alpha value is -2.21. The van der Waals surface area contributed by atoms with E-state index in [-0.39, 0.29) is 5.91 Å². The van der Waals surface area contributed by atoms with E-state index >= 15 is 0 Å². The highest BCUT2D eigenvalue weighted by Crippen LogP contribution is 2.27. The van der Waals surface area contributed by atoms with Gasteiger partial charge in [-0.2, -0.15) is 5.10 Å². The maximum Gasteiger partial charge on any atom is 0.274 e. The summed E-state index contributed by atoms with van der Waals surface area (Å²) in [5, 5.41) is 8.52. The molecule has 2 aromatic heterocycles. The summed E-state index contributed by atoms with van der Waals surface area (Å²) in [6.07, 6.45) is 7.97. The number of amides is 1. The Balaban J connectivity index is 1.47. The first-order valence-electron chi connectivity index (χ1n) is 11.1. The lowest BCUT2D eigenvalue weighted by Crippen LogP contribution is -2.37. The van der Waals surface area contributed by atoms with Gasteiger partial charge in [-0.3, -0.25) is 14.5 Å². The van der Waals surface area contributed by atoms with Crippen molar-refractivity contribution in [3.63, 3.8) is 0 Å². The van der Waals surface area contributed by atoms with Gasteiger partial charge in [0, 0.05) is 61.8 Å². The summed E-state index contributed by atoms with van der Waals surface area (Å²) >= 11 is 0.